The van der Waals surface area contributed by atoms with E-state index in [-0.39, 0.29) is 0 Å². The van der Waals surface area contributed by atoms with Crippen molar-refractivity contribution in [2.24, 2.45) is 0 Å². The highest BCUT2D eigenvalue weighted by Crippen LogP contribution is 2.41. The Hall–Kier alpha value is -0.900. The zero-order chi connectivity index (χ0) is 13.1. The number of nitrogens with zero attached hydrogens (tertiary/aromatic N) is 2. The SMILES string of the molecule is CSc1c(NC2CCN(C)CC2)sc(C#N)c1N. The molecule has 0 aliphatic carbocycles. The van der Waals surface area contributed by atoms with Crippen molar-refractivity contribution in [2.75, 3.05) is 37.4 Å². The van der Waals surface area contributed by atoms with Gasteiger partial charge < -0.3 is 16.0 Å². The first kappa shape index (κ1) is 13.5. The summed E-state index contributed by atoms with van der Waals surface area (Å²) in [5, 5.41) is 13.6. The van der Waals surface area contributed by atoms with Gasteiger partial charge in [0.25, 0.3) is 0 Å². The fourth-order valence-corrected chi connectivity index (χ4v) is 4.04. The molecule has 0 saturated carbocycles. The minimum atomic E-state index is 0.497. The fourth-order valence-electron chi connectivity index (χ4n) is 2.15. The third-order valence-corrected chi connectivity index (χ3v) is 5.26. The average molecular weight is 282 g/mol. The monoisotopic (exact) mass is 282 g/mol. The summed E-state index contributed by atoms with van der Waals surface area (Å²) in [6.45, 7) is 2.25. The van der Waals surface area contributed by atoms with Crippen molar-refractivity contribution in [3.63, 3.8) is 0 Å². The van der Waals surface area contributed by atoms with Crippen LogP contribution in [0.15, 0.2) is 4.90 Å². The lowest BCUT2D eigenvalue weighted by Crippen LogP contribution is -2.36. The molecule has 3 N–H and O–H groups in total. The standard InChI is InChI=1S/C12H18N4S2/c1-16-5-3-8(4-6-16)15-12-11(17-2)10(14)9(7-13)18-12/h8,15H,3-6,14H2,1-2H3. The topological polar surface area (TPSA) is 65.1 Å². The summed E-state index contributed by atoms with van der Waals surface area (Å²) in [6, 6.07) is 2.66. The van der Waals surface area contributed by atoms with Gasteiger partial charge >= 0.3 is 0 Å². The number of likely N-dealkylation sites (tertiary alicyclic amines) is 1. The number of hydrogen-bond donors (Lipinski definition) is 2. The van der Waals surface area contributed by atoms with Crippen LogP contribution in [0.25, 0.3) is 0 Å². The quantitative estimate of drug-likeness (QED) is 0.834. The molecular formula is C12H18N4S2. The molecule has 1 fully saturated rings. The Morgan fingerprint density at radius 3 is 2.72 bits per heavy atom. The van der Waals surface area contributed by atoms with E-state index < -0.39 is 0 Å². The first-order chi connectivity index (χ1) is 8.65. The summed E-state index contributed by atoms with van der Waals surface area (Å²) >= 11 is 3.08. The molecule has 6 heteroatoms. The molecule has 1 saturated heterocycles. The second-order valence-electron chi connectivity index (χ2n) is 4.54. The van der Waals surface area contributed by atoms with Crippen molar-refractivity contribution in [1.29, 1.82) is 5.26 Å². The largest absolute Gasteiger partial charge is 0.396 e. The number of piperidine rings is 1. The minimum absolute atomic E-state index is 0.497. The van der Waals surface area contributed by atoms with Gasteiger partial charge in [0, 0.05) is 6.04 Å². The first-order valence-corrected chi connectivity index (χ1v) is 8.01. The van der Waals surface area contributed by atoms with Gasteiger partial charge in [-0.1, -0.05) is 0 Å². The Morgan fingerprint density at radius 2 is 2.17 bits per heavy atom. The molecule has 1 aromatic rings. The average Bonchev–Trinajstić information content (AvgIpc) is 2.68. The molecule has 1 aromatic heterocycles. The van der Waals surface area contributed by atoms with E-state index in [4.69, 9.17) is 11.0 Å². The molecule has 1 aliphatic rings. The van der Waals surface area contributed by atoms with Gasteiger partial charge in [0.05, 0.1) is 10.6 Å². The number of nitrogen functional groups attached to an aromatic ring is 1. The number of thioether (sulfide) groups is 1. The number of anilines is 2. The Balaban J connectivity index is 2.12. The van der Waals surface area contributed by atoms with Crippen molar-refractivity contribution in [2.45, 2.75) is 23.8 Å². The van der Waals surface area contributed by atoms with Crippen LogP contribution >= 0.6 is 23.1 Å². The van der Waals surface area contributed by atoms with Crippen LogP contribution in [0.5, 0.6) is 0 Å². The number of nitrogens with two attached hydrogens (primary N) is 1. The van der Waals surface area contributed by atoms with Crippen molar-refractivity contribution < 1.29 is 0 Å². The number of hydrogen-bond acceptors (Lipinski definition) is 6. The molecule has 0 radical (unpaired) electrons. The predicted octanol–water partition coefficient (Wildman–Crippen LogP) is 2.43. The normalized spacial score (nSPS) is 17.6. The van der Waals surface area contributed by atoms with Gasteiger partial charge in [0.2, 0.25) is 0 Å². The van der Waals surface area contributed by atoms with Crippen molar-refractivity contribution in [3.8, 4) is 6.07 Å². The third-order valence-electron chi connectivity index (χ3n) is 3.26. The lowest BCUT2D eigenvalue weighted by Gasteiger charge is -2.29. The molecule has 0 atom stereocenters. The molecule has 0 unspecified atom stereocenters. The zero-order valence-electron chi connectivity index (χ0n) is 10.7. The molecule has 0 amide bonds. The van der Waals surface area contributed by atoms with Gasteiger partial charge in [-0.05, 0) is 39.2 Å². The summed E-state index contributed by atoms with van der Waals surface area (Å²) in [4.78, 5) is 3.99. The molecule has 2 heterocycles. The number of nitriles is 1. The maximum Gasteiger partial charge on any atom is 0.131 e. The highest BCUT2D eigenvalue weighted by atomic mass is 32.2. The van der Waals surface area contributed by atoms with Crippen molar-refractivity contribution in [3.05, 3.63) is 4.88 Å². The molecular weight excluding hydrogens is 264 g/mol. The summed E-state index contributed by atoms with van der Waals surface area (Å²) in [7, 11) is 2.15. The van der Waals surface area contributed by atoms with Crippen LogP contribution in [0, 0.1) is 11.3 Å². The molecule has 18 heavy (non-hydrogen) atoms. The van der Waals surface area contributed by atoms with Crippen molar-refractivity contribution >= 4 is 33.8 Å². The van der Waals surface area contributed by atoms with Gasteiger partial charge in [-0.25, -0.2) is 0 Å². The fraction of sp³-hybridized carbons (Fsp3) is 0.583. The third kappa shape index (κ3) is 2.74. The second-order valence-corrected chi connectivity index (χ2v) is 6.38. The van der Waals surface area contributed by atoms with Gasteiger partial charge in [0.15, 0.2) is 0 Å². The van der Waals surface area contributed by atoms with Gasteiger partial charge in [0.1, 0.15) is 15.9 Å². The molecule has 98 valence electrons. The summed E-state index contributed by atoms with van der Waals surface area (Å²) in [5.74, 6) is 0. The van der Waals surface area contributed by atoms with E-state index in [0.717, 1.165) is 35.8 Å². The number of rotatable bonds is 3. The molecule has 0 bridgehead atoms. The maximum absolute atomic E-state index is 9.03. The lowest BCUT2D eigenvalue weighted by atomic mass is 10.1. The zero-order valence-corrected chi connectivity index (χ0v) is 12.3. The number of thiophene rings is 1. The van der Waals surface area contributed by atoms with Gasteiger partial charge in [-0.15, -0.1) is 23.1 Å². The van der Waals surface area contributed by atoms with E-state index in [9.17, 15) is 0 Å². The Labute approximate surface area is 116 Å². The van der Waals surface area contributed by atoms with Crippen LogP contribution in [0.3, 0.4) is 0 Å². The van der Waals surface area contributed by atoms with Crippen LogP contribution in [0.4, 0.5) is 10.7 Å². The van der Waals surface area contributed by atoms with E-state index in [0.29, 0.717) is 16.6 Å². The van der Waals surface area contributed by atoms with Gasteiger partial charge in [-0.3, -0.25) is 0 Å². The molecule has 1 aliphatic heterocycles. The van der Waals surface area contributed by atoms with E-state index in [1.807, 2.05) is 6.26 Å². The summed E-state index contributed by atoms with van der Waals surface area (Å²) in [6.07, 6.45) is 4.29. The van der Waals surface area contributed by atoms with Crippen LogP contribution in [-0.4, -0.2) is 37.3 Å². The van der Waals surface area contributed by atoms with Gasteiger partial charge in [-0.2, -0.15) is 5.26 Å². The van der Waals surface area contributed by atoms with Crippen LogP contribution in [0.1, 0.15) is 17.7 Å². The van der Waals surface area contributed by atoms with Crippen molar-refractivity contribution in [1.82, 2.24) is 4.90 Å². The van der Waals surface area contributed by atoms with E-state index >= 15 is 0 Å². The Morgan fingerprint density at radius 1 is 1.50 bits per heavy atom. The maximum atomic E-state index is 9.03. The van der Waals surface area contributed by atoms with Crippen LogP contribution < -0.4 is 11.1 Å². The molecule has 2 rings (SSSR count). The molecule has 4 nitrogen and oxygen atoms in total. The summed E-state index contributed by atoms with van der Waals surface area (Å²) in [5.41, 5.74) is 6.60. The first-order valence-electron chi connectivity index (χ1n) is 5.97. The van der Waals surface area contributed by atoms with E-state index in [1.165, 1.54) is 11.3 Å². The lowest BCUT2D eigenvalue weighted by molar-refractivity contribution is 0.264. The van der Waals surface area contributed by atoms with E-state index in [2.05, 4.69) is 23.3 Å². The minimum Gasteiger partial charge on any atom is -0.396 e. The summed E-state index contributed by atoms with van der Waals surface area (Å²) < 4.78 is 0. The van der Waals surface area contributed by atoms with Crippen LogP contribution in [0.2, 0.25) is 0 Å². The number of nitrogens with one attached hydrogen (secondary N) is 1. The molecule has 0 spiro atoms. The molecule has 0 aromatic carbocycles. The smallest absolute Gasteiger partial charge is 0.131 e. The Bertz CT molecular complexity index is 455. The Kier molecular flexibility index (Phi) is 4.38. The predicted molar refractivity (Wildman–Crippen MR) is 79.4 cm³/mol. The highest BCUT2D eigenvalue weighted by molar-refractivity contribution is 7.99. The second kappa shape index (κ2) is 5.83. The van der Waals surface area contributed by atoms with E-state index in [1.54, 1.807) is 11.8 Å². The highest BCUT2D eigenvalue weighted by Gasteiger charge is 2.21. The van der Waals surface area contributed by atoms with Crippen LogP contribution in [-0.2, 0) is 0 Å².